The normalized spacial score (nSPS) is 18.7. The minimum absolute atomic E-state index is 0.0476. The van der Waals surface area contributed by atoms with Crippen molar-refractivity contribution in [2.75, 3.05) is 13.1 Å². The first-order valence-electron chi connectivity index (χ1n) is 7.79. The van der Waals surface area contributed by atoms with Crippen molar-refractivity contribution in [3.63, 3.8) is 0 Å². The molecule has 0 bridgehead atoms. The molecule has 4 N–H and O–H groups in total. The molecule has 1 saturated heterocycles. The fraction of sp³-hybridized carbons (Fsp3) is 0.500. The summed E-state index contributed by atoms with van der Waals surface area (Å²) in [5.41, 5.74) is 5.66. The lowest BCUT2D eigenvalue weighted by molar-refractivity contribution is -0.133. The summed E-state index contributed by atoms with van der Waals surface area (Å²) in [5, 5.41) is 5.61. The van der Waals surface area contributed by atoms with E-state index < -0.39 is 12.1 Å². The number of carbonyl (C=O) groups excluding carboxylic acids is 2. The number of benzene rings is 1. The number of carbonyl (C=O) groups is 2. The lowest BCUT2D eigenvalue weighted by Crippen LogP contribution is -2.51. The van der Waals surface area contributed by atoms with E-state index in [0.29, 0.717) is 25.2 Å². The predicted molar refractivity (Wildman–Crippen MR) is 85.0 cm³/mol. The summed E-state index contributed by atoms with van der Waals surface area (Å²) >= 11 is 0. The summed E-state index contributed by atoms with van der Waals surface area (Å²) in [4.78, 5) is 25.0. The van der Waals surface area contributed by atoms with E-state index in [-0.39, 0.29) is 17.8 Å². The number of nitrogens with one attached hydrogen (secondary N) is 2. The Labute approximate surface area is 135 Å². The van der Waals surface area contributed by atoms with Gasteiger partial charge in [-0.2, -0.15) is 0 Å². The molecule has 1 aromatic rings. The summed E-state index contributed by atoms with van der Waals surface area (Å²) in [6.45, 7) is 3.29. The van der Waals surface area contributed by atoms with Crippen molar-refractivity contribution in [3.05, 3.63) is 35.6 Å². The highest BCUT2D eigenvalue weighted by Crippen LogP contribution is 2.18. The van der Waals surface area contributed by atoms with Crippen LogP contribution in [0.15, 0.2) is 24.3 Å². The fourth-order valence-electron chi connectivity index (χ4n) is 2.88. The molecule has 23 heavy (non-hydrogen) atoms. The number of halogens is 1. The molecule has 7 heteroatoms. The molecule has 1 fully saturated rings. The van der Waals surface area contributed by atoms with Crippen LogP contribution in [0.4, 0.5) is 9.18 Å². The number of hydrogen-bond donors (Lipinski definition) is 3. The largest absolute Gasteiger partial charge is 0.352 e. The van der Waals surface area contributed by atoms with Gasteiger partial charge < -0.3 is 21.3 Å². The molecule has 0 spiro atoms. The van der Waals surface area contributed by atoms with Gasteiger partial charge in [-0.05, 0) is 25.8 Å². The summed E-state index contributed by atoms with van der Waals surface area (Å²) in [6, 6.07) is 5.31. The monoisotopic (exact) mass is 322 g/mol. The zero-order valence-electron chi connectivity index (χ0n) is 13.2. The van der Waals surface area contributed by atoms with Gasteiger partial charge in [0.05, 0.1) is 0 Å². The van der Waals surface area contributed by atoms with Crippen LogP contribution in [0.2, 0.25) is 0 Å². The Kier molecular flexibility index (Phi) is 5.92. The molecule has 0 aliphatic carbocycles. The predicted octanol–water partition coefficient (Wildman–Crippen LogP) is 0.963. The molecule has 126 valence electrons. The smallest absolute Gasteiger partial charge is 0.312 e. The van der Waals surface area contributed by atoms with Crippen molar-refractivity contribution in [2.45, 2.75) is 38.4 Å². The molecule has 1 heterocycles. The topological polar surface area (TPSA) is 87.5 Å². The first kappa shape index (κ1) is 17.2. The standard InChI is InChI=1S/C16H23FN4O2/c1-11(20-16(18)23)15(22)21-8-4-6-13(21)10-19-9-12-5-2-3-7-14(12)17/h2-3,5,7,11,13,19H,4,6,8-10H2,1H3,(H3,18,20,23)/t11-,13+/m0/s1. The quantitative estimate of drug-likeness (QED) is 0.729. The van der Waals surface area contributed by atoms with Crippen LogP contribution in [-0.2, 0) is 11.3 Å². The number of amides is 3. The van der Waals surface area contributed by atoms with E-state index in [1.54, 1.807) is 30.0 Å². The van der Waals surface area contributed by atoms with Gasteiger partial charge in [-0.1, -0.05) is 18.2 Å². The first-order chi connectivity index (χ1) is 11.0. The van der Waals surface area contributed by atoms with Crippen molar-refractivity contribution in [3.8, 4) is 0 Å². The van der Waals surface area contributed by atoms with Crippen molar-refractivity contribution in [1.82, 2.24) is 15.5 Å². The first-order valence-corrected chi connectivity index (χ1v) is 7.79. The Morgan fingerprint density at radius 3 is 2.87 bits per heavy atom. The van der Waals surface area contributed by atoms with Crippen LogP contribution in [-0.4, -0.2) is 42.0 Å². The van der Waals surface area contributed by atoms with Gasteiger partial charge in [-0.25, -0.2) is 9.18 Å². The van der Waals surface area contributed by atoms with Crippen LogP contribution >= 0.6 is 0 Å². The molecule has 1 aliphatic heterocycles. The maximum Gasteiger partial charge on any atom is 0.312 e. The number of nitrogens with zero attached hydrogens (tertiary/aromatic N) is 1. The number of urea groups is 1. The summed E-state index contributed by atoms with van der Waals surface area (Å²) in [5.74, 6) is -0.377. The average Bonchev–Trinajstić information content (AvgIpc) is 2.96. The van der Waals surface area contributed by atoms with Gasteiger partial charge >= 0.3 is 6.03 Å². The maximum atomic E-state index is 13.6. The molecular formula is C16H23FN4O2. The Morgan fingerprint density at radius 2 is 2.17 bits per heavy atom. The van der Waals surface area contributed by atoms with Crippen LogP contribution < -0.4 is 16.4 Å². The molecule has 0 saturated carbocycles. The highest BCUT2D eigenvalue weighted by Gasteiger charge is 2.31. The van der Waals surface area contributed by atoms with Gasteiger partial charge in [0, 0.05) is 31.2 Å². The second-order valence-electron chi connectivity index (χ2n) is 5.78. The second kappa shape index (κ2) is 7.92. The highest BCUT2D eigenvalue weighted by atomic mass is 19.1. The molecule has 2 rings (SSSR count). The zero-order chi connectivity index (χ0) is 16.8. The molecule has 1 aromatic carbocycles. The highest BCUT2D eigenvalue weighted by molar-refractivity contribution is 5.86. The summed E-state index contributed by atoms with van der Waals surface area (Å²) in [6.07, 6.45) is 1.81. The summed E-state index contributed by atoms with van der Waals surface area (Å²) in [7, 11) is 0. The molecule has 1 aliphatic rings. The van der Waals surface area contributed by atoms with E-state index in [2.05, 4.69) is 10.6 Å². The minimum Gasteiger partial charge on any atom is -0.352 e. The van der Waals surface area contributed by atoms with Crippen LogP contribution in [0.1, 0.15) is 25.3 Å². The number of primary amides is 1. The Morgan fingerprint density at radius 1 is 1.43 bits per heavy atom. The lowest BCUT2D eigenvalue weighted by Gasteiger charge is -2.28. The van der Waals surface area contributed by atoms with Crippen LogP contribution in [0.5, 0.6) is 0 Å². The Bertz CT molecular complexity index is 567. The molecule has 2 atom stereocenters. The fourth-order valence-corrected chi connectivity index (χ4v) is 2.88. The van der Waals surface area contributed by atoms with Crippen molar-refractivity contribution in [2.24, 2.45) is 5.73 Å². The van der Waals surface area contributed by atoms with Gasteiger partial charge in [0.2, 0.25) is 5.91 Å². The van der Waals surface area contributed by atoms with E-state index in [1.807, 2.05) is 0 Å². The summed E-state index contributed by atoms with van der Waals surface area (Å²) < 4.78 is 13.6. The molecular weight excluding hydrogens is 299 g/mol. The van der Waals surface area contributed by atoms with Gasteiger partial charge in [-0.3, -0.25) is 4.79 Å². The van der Waals surface area contributed by atoms with Crippen molar-refractivity contribution in [1.29, 1.82) is 0 Å². The van der Waals surface area contributed by atoms with Crippen molar-refractivity contribution < 1.29 is 14.0 Å². The second-order valence-corrected chi connectivity index (χ2v) is 5.78. The zero-order valence-corrected chi connectivity index (χ0v) is 13.2. The number of rotatable bonds is 6. The Hall–Kier alpha value is -2.15. The van der Waals surface area contributed by atoms with E-state index in [4.69, 9.17) is 5.73 Å². The van der Waals surface area contributed by atoms with Crippen LogP contribution in [0.3, 0.4) is 0 Å². The molecule has 3 amide bonds. The van der Waals surface area contributed by atoms with Crippen LogP contribution in [0, 0.1) is 5.82 Å². The van der Waals surface area contributed by atoms with E-state index in [1.165, 1.54) is 6.07 Å². The van der Waals surface area contributed by atoms with Gasteiger partial charge in [0.15, 0.2) is 0 Å². The van der Waals surface area contributed by atoms with E-state index in [9.17, 15) is 14.0 Å². The lowest BCUT2D eigenvalue weighted by atomic mass is 10.1. The molecule has 6 nitrogen and oxygen atoms in total. The van der Waals surface area contributed by atoms with Gasteiger partial charge in [0.1, 0.15) is 11.9 Å². The molecule has 0 radical (unpaired) electrons. The SMILES string of the molecule is C[C@H](NC(N)=O)C(=O)N1CCC[C@@H]1CNCc1ccccc1F. The number of hydrogen-bond acceptors (Lipinski definition) is 3. The van der Waals surface area contributed by atoms with E-state index in [0.717, 1.165) is 12.8 Å². The maximum absolute atomic E-state index is 13.6. The third-order valence-corrected chi connectivity index (χ3v) is 4.04. The van der Waals surface area contributed by atoms with Crippen LogP contribution in [0.25, 0.3) is 0 Å². The number of nitrogens with two attached hydrogens (primary N) is 1. The van der Waals surface area contributed by atoms with Gasteiger partial charge in [-0.15, -0.1) is 0 Å². The minimum atomic E-state index is -0.709. The molecule has 0 unspecified atom stereocenters. The third-order valence-electron chi connectivity index (χ3n) is 4.04. The third kappa shape index (κ3) is 4.66. The Balaban J connectivity index is 1.85. The molecule has 0 aromatic heterocycles. The van der Waals surface area contributed by atoms with Gasteiger partial charge in [0.25, 0.3) is 0 Å². The van der Waals surface area contributed by atoms with Crippen molar-refractivity contribution >= 4 is 11.9 Å². The number of likely N-dealkylation sites (tertiary alicyclic amines) is 1. The average molecular weight is 322 g/mol. The van der Waals surface area contributed by atoms with E-state index >= 15 is 0 Å².